The third-order valence-corrected chi connectivity index (χ3v) is 6.27. The third kappa shape index (κ3) is 5.60. The molecule has 184 valence electrons. The molecule has 1 saturated carbocycles. The molecule has 2 N–H and O–H groups in total. The number of para-hydroxylation sites is 1. The van der Waals surface area contributed by atoms with Gasteiger partial charge in [-0.15, -0.1) is 0 Å². The Hall–Kier alpha value is -2.88. The van der Waals surface area contributed by atoms with Gasteiger partial charge in [0.1, 0.15) is 0 Å². The van der Waals surface area contributed by atoms with Gasteiger partial charge in [-0.3, -0.25) is 14.3 Å². The minimum atomic E-state index is -0.696. The summed E-state index contributed by atoms with van der Waals surface area (Å²) in [7, 11) is 1.85. The molecule has 2 atom stereocenters. The van der Waals surface area contributed by atoms with Gasteiger partial charge in [0, 0.05) is 37.2 Å². The fourth-order valence-electron chi connectivity index (χ4n) is 4.19. The molecule has 0 radical (unpaired) electrons. The molecule has 1 aliphatic heterocycles. The van der Waals surface area contributed by atoms with Crippen molar-refractivity contribution in [2.45, 2.75) is 38.4 Å². The average molecular weight is 472 g/mol. The Bertz CT molecular complexity index is 1070. The van der Waals surface area contributed by atoms with E-state index in [1.54, 1.807) is 10.8 Å². The molecule has 2 heterocycles. The first kappa shape index (κ1) is 24.3. The predicted molar refractivity (Wildman–Crippen MR) is 126 cm³/mol. The van der Waals surface area contributed by atoms with Crippen LogP contribution in [0, 0.1) is 12.8 Å². The normalized spacial score (nSPS) is 20.0. The second-order valence-corrected chi connectivity index (χ2v) is 8.76. The number of hydrogen-bond donors (Lipinski definition) is 2. The number of amides is 1. The number of nitrogens with zero attached hydrogens (tertiary/aromatic N) is 2. The first-order chi connectivity index (χ1) is 16.5. The molecular formula is C25H33N3O6. The maximum absolute atomic E-state index is 13.5. The van der Waals surface area contributed by atoms with Crippen molar-refractivity contribution < 1.29 is 24.1 Å². The quantitative estimate of drug-likeness (QED) is 0.484. The lowest BCUT2D eigenvalue weighted by Gasteiger charge is -2.29. The minimum Gasteiger partial charge on any atom is -0.459 e. The number of carbonyl (C=O) groups excluding carboxylic acids is 1. The molecule has 34 heavy (non-hydrogen) atoms. The molecule has 1 aliphatic carbocycles. The first-order valence-electron chi connectivity index (χ1n) is 11.8. The molecule has 1 fully saturated rings. The van der Waals surface area contributed by atoms with Crippen molar-refractivity contribution in [2.75, 3.05) is 33.0 Å². The molecule has 0 bridgehead atoms. The van der Waals surface area contributed by atoms with Crippen LogP contribution in [0.1, 0.15) is 36.4 Å². The topological polar surface area (TPSA) is 104 Å². The van der Waals surface area contributed by atoms with Crippen molar-refractivity contribution in [3.63, 3.8) is 0 Å². The molecule has 1 aromatic carbocycles. The van der Waals surface area contributed by atoms with Crippen LogP contribution in [0.4, 0.5) is 0 Å². The number of nitrogens with one attached hydrogen (secondary N) is 1. The zero-order valence-corrected chi connectivity index (χ0v) is 19.7. The van der Waals surface area contributed by atoms with E-state index in [2.05, 4.69) is 5.32 Å². The van der Waals surface area contributed by atoms with E-state index in [0.717, 1.165) is 24.2 Å². The molecule has 0 unspecified atom stereocenters. The lowest BCUT2D eigenvalue weighted by molar-refractivity contribution is -0.151. The van der Waals surface area contributed by atoms with Crippen molar-refractivity contribution in [3.8, 4) is 5.69 Å². The highest BCUT2D eigenvalue weighted by molar-refractivity contribution is 5.91. The Labute approximate surface area is 198 Å². The van der Waals surface area contributed by atoms with Crippen LogP contribution in [-0.4, -0.2) is 59.6 Å². The summed E-state index contributed by atoms with van der Waals surface area (Å²) in [4.78, 5) is 26.4. The summed E-state index contributed by atoms with van der Waals surface area (Å²) in [5.74, 6) is 0.0716. The number of aromatic nitrogens is 2. The van der Waals surface area contributed by atoms with Gasteiger partial charge in [0.15, 0.2) is 5.76 Å². The fourth-order valence-corrected chi connectivity index (χ4v) is 4.19. The number of benzene rings is 1. The second kappa shape index (κ2) is 11.0. The van der Waals surface area contributed by atoms with Gasteiger partial charge in [0.2, 0.25) is 6.29 Å². The van der Waals surface area contributed by atoms with Crippen molar-refractivity contribution in [2.24, 2.45) is 13.0 Å². The maximum Gasteiger partial charge on any atom is 0.286 e. The largest absolute Gasteiger partial charge is 0.459 e. The molecule has 2 aromatic rings. The molecule has 0 saturated heterocycles. The van der Waals surface area contributed by atoms with Gasteiger partial charge < -0.3 is 24.6 Å². The van der Waals surface area contributed by atoms with Gasteiger partial charge in [0.25, 0.3) is 11.5 Å². The summed E-state index contributed by atoms with van der Waals surface area (Å²) < 4.78 is 20.4. The summed E-state index contributed by atoms with van der Waals surface area (Å²) in [6.45, 7) is 3.24. The molecule has 0 spiro atoms. The van der Waals surface area contributed by atoms with Crippen LogP contribution in [0.25, 0.3) is 5.69 Å². The number of aliphatic hydroxyl groups is 1. The number of aliphatic hydroxyl groups excluding tert-OH is 1. The average Bonchev–Trinajstić information content (AvgIpc) is 3.64. The smallest absolute Gasteiger partial charge is 0.286 e. The standard InChI is InChI=1S/C25H33N3O6/c1-17-23(25(31)28(27(17)2)20-6-4-3-5-7-20)19-14-21(24(30)26-16-18-8-9-18)34-22(15-19)33-13-12-32-11-10-29/h3-7,14,18-19,22,29H,8-13,15-16H2,1-2H3,(H,26,30)/t19-,22+/m0/s1. The lowest BCUT2D eigenvalue weighted by atomic mass is 9.93. The van der Waals surface area contributed by atoms with Gasteiger partial charge in [0.05, 0.1) is 32.1 Å². The first-order valence-corrected chi connectivity index (χ1v) is 11.8. The van der Waals surface area contributed by atoms with Gasteiger partial charge in [-0.05, 0) is 43.9 Å². The molecular weight excluding hydrogens is 438 g/mol. The molecule has 1 aromatic heterocycles. The Kier molecular flexibility index (Phi) is 7.87. The van der Waals surface area contributed by atoms with Gasteiger partial charge in [-0.1, -0.05) is 18.2 Å². The van der Waals surface area contributed by atoms with Crippen LogP contribution in [0.5, 0.6) is 0 Å². The van der Waals surface area contributed by atoms with Crippen LogP contribution in [-0.2, 0) is 26.1 Å². The number of carbonyl (C=O) groups is 1. The summed E-state index contributed by atoms with van der Waals surface area (Å²) in [5.41, 5.74) is 2.08. The lowest BCUT2D eigenvalue weighted by Crippen LogP contribution is -2.35. The van der Waals surface area contributed by atoms with Crippen molar-refractivity contribution >= 4 is 5.91 Å². The Balaban J connectivity index is 1.59. The highest BCUT2D eigenvalue weighted by Gasteiger charge is 2.33. The van der Waals surface area contributed by atoms with E-state index in [4.69, 9.17) is 19.3 Å². The summed E-state index contributed by atoms with van der Waals surface area (Å²) in [6.07, 6.45) is 3.70. The fraction of sp³-hybridized carbons (Fsp3) is 0.520. The van der Waals surface area contributed by atoms with Gasteiger partial charge in [-0.25, -0.2) is 4.68 Å². The maximum atomic E-state index is 13.5. The highest BCUT2D eigenvalue weighted by Crippen LogP contribution is 2.32. The predicted octanol–water partition coefficient (Wildman–Crippen LogP) is 1.75. The van der Waals surface area contributed by atoms with E-state index < -0.39 is 6.29 Å². The van der Waals surface area contributed by atoms with E-state index in [9.17, 15) is 9.59 Å². The Morgan fingerprint density at radius 1 is 1.21 bits per heavy atom. The highest BCUT2D eigenvalue weighted by atomic mass is 16.7. The zero-order chi connectivity index (χ0) is 24.1. The minimum absolute atomic E-state index is 0.0585. The van der Waals surface area contributed by atoms with E-state index in [0.29, 0.717) is 31.1 Å². The zero-order valence-electron chi connectivity index (χ0n) is 19.7. The van der Waals surface area contributed by atoms with E-state index >= 15 is 0 Å². The van der Waals surface area contributed by atoms with Crippen LogP contribution in [0.3, 0.4) is 0 Å². The van der Waals surface area contributed by atoms with Crippen LogP contribution in [0.15, 0.2) is 47.0 Å². The Morgan fingerprint density at radius 2 is 1.97 bits per heavy atom. The third-order valence-electron chi connectivity index (χ3n) is 6.27. The van der Waals surface area contributed by atoms with E-state index in [1.165, 1.54) is 0 Å². The van der Waals surface area contributed by atoms with Gasteiger partial charge >= 0.3 is 0 Å². The number of hydrogen-bond acceptors (Lipinski definition) is 6. The van der Waals surface area contributed by atoms with Crippen LogP contribution in [0.2, 0.25) is 0 Å². The Morgan fingerprint density at radius 3 is 2.68 bits per heavy atom. The van der Waals surface area contributed by atoms with E-state index in [1.807, 2.05) is 49.0 Å². The molecule has 9 heteroatoms. The van der Waals surface area contributed by atoms with Gasteiger partial charge in [-0.2, -0.15) is 0 Å². The summed E-state index contributed by atoms with van der Waals surface area (Å²) in [6, 6.07) is 9.47. The number of allylic oxidation sites excluding steroid dienone is 1. The molecule has 9 nitrogen and oxygen atoms in total. The van der Waals surface area contributed by atoms with E-state index in [-0.39, 0.29) is 43.0 Å². The molecule has 1 amide bonds. The van der Waals surface area contributed by atoms with Crippen LogP contribution >= 0.6 is 0 Å². The number of rotatable bonds is 11. The molecule has 4 rings (SSSR count). The molecule has 2 aliphatic rings. The number of ether oxygens (including phenoxy) is 3. The van der Waals surface area contributed by atoms with Crippen molar-refractivity contribution in [1.29, 1.82) is 0 Å². The van der Waals surface area contributed by atoms with Crippen molar-refractivity contribution in [3.05, 3.63) is 63.8 Å². The SMILES string of the molecule is Cc1c([C@H]2C=C(C(=O)NCC3CC3)O[C@@H](OCCOCCO)C2)c(=O)n(-c2ccccc2)n1C. The monoisotopic (exact) mass is 471 g/mol. The summed E-state index contributed by atoms with van der Waals surface area (Å²) >= 11 is 0. The van der Waals surface area contributed by atoms with Crippen LogP contribution < -0.4 is 10.9 Å². The second-order valence-electron chi connectivity index (χ2n) is 8.76. The van der Waals surface area contributed by atoms with Crippen molar-refractivity contribution in [1.82, 2.24) is 14.7 Å². The summed E-state index contributed by atoms with van der Waals surface area (Å²) in [5, 5.41) is 11.8.